The third kappa shape index (κ3) is 4.11. The molecule has 1 amide bonds. The number of carbonyl (C=O) groups excluding carboxylic acids is 1. The molecule has 0 spiro atoms. The molecular formula is C11H18N4O4S2. The van der Waals surface area contributed by atoms with Gasteiger partial charge in [0.1, 0.15) is 5.01 Å². The van der Waals surface area contributed by atoms with Crippen molar-refractivity contribution in [2.24, 2.45) is 0 Å². The molecule has 0 saturated carbocycles. The van der Waals surface area contributed by atoms with Gasteiger partial charge < -0.3 is 9.64 Å². The van der Waals surface area contributed by atoms with Gasteiger partial charge in [-0.25, -0.2) is 17.9 Å². The van der Waals surface area contributed by atoms with Crippen LogP contribution < -0.4 is 4.72 Å². The molecule has 10 heteroatoms. The van der Waals surface area contributed by atoms with Crippen molar-refractivity contribution in [3.05, 3.63) is 5.01 Å². The largest absolute Gasteiger partial charge is 0.450 e. The van der Waals surface area contributed by atoms with E-state index < -0.39 is 10.0 Å². The fourth-order valence-electron chi connectivity index (χ4n) is 2.05. The van der Waals surface area contributed by atoms with Crippen molar-refractivity contribution in [3.8, 4) is 0 Å². The minimum absolute atomic E-state index is 0.0205. The van der Waals surface area contributed by atoms with Crippen LogP contribution in [0.5, 0.6) is 0 Å². The van der Waals surface area contributed by atoms with Crippen molar-refractivity contribution in [3.63, 3.8) is 0 Å². The van der Waals surface area contributed by atoms with Gasteiger partial charge in [-0.05, 0) is 26.7 Å². The molecule has 2 heterocycles. The summed E-state index contributed by atoms with van der Waals surface area (Å²) in [6.45, 7) is 4.74. The second kappa shape index (κ2) is 6.67. The van der Waals surface area contributed by atoms with Crippen molar-refractivity contribution in [2.45, 2.75) is 37.1 Å². The molecule has 1 saturated heterocycles. The molecule has 8 nitrogen and oxygen atoms in total. The minimum Gasteiger partial charge on any atom is -0.450 e. The summed E-state index contributed by atoms with van der Waals surface area (Å²) < 4.78 is 31.8. The fourth-order valence-corrected chi connectivity index (χ4v) is 4.34. The number of hydrogen-bond acceptors (Lipinski definition) is 7. The predicted molar refractivity (Wildman–Crippen MR) is 76.6 cm³/mol. The van der Waals surface area contributed by atoms with E-state index in [0.717, 1.165) is 11.3 Å². The van der Waals surface area contributed by atoms with Crippen LogP contribution in [-0.2, 0) is 14.8 Å². The van der Waals surface area contributed by atoms with Crippen LogP contribution in [0.3, 0.4) is 0 Å². The van der Waals surface area contributed by atoms with Crippen LogP contribution in [0.1, 0.15) is 24.8 Å². The van der Waals surface area contributed by atoms with E-state index in [1.54, 1.807) is 18.7 Å². The maximum Gasteiger partial charge on any atom is 0.409 e. The molecule has 2 rings (SSSR count). The average Bonchev–Trinajstić information content (AvgIpc) is 2.87. The molecule has 118 valence electrons. The Morgan fingerprint density at radius 1 is 1.43 bits per heavy atom. The van der Waals surface area contributed by atoms with E-state index in [4.69, 9.17) is 4.74 Å². The molecule has 21 heavy (non-hydrogen) atoms. The maximum atomic E-state index is 12.1. The Labute approximate surface area is 127 Å². The minimum atomic E-state index is -3.63. The van der Waals surface area contributed by atoms with Crippen LogP contribution in [0.15, 0.2) is 4.34 Å². The lowest BCUT2D eigenvalue weighted by Gasteiger charge is -2.31. The molecule has 0 aromatic carbocycles. The Kier molecular flexibility index (Phi) is 5.12. The number of nitrogens with zero attached hydrogens (tertiary/aromatic N) is 3. The van der Waals surface area contributed by atoms with Gasteiger partial charge in [0, 0.05) is 19.1 Å². The number of likely N-dealkylation sites (tertiary alicyclic amines) is 1. The average molecular weight is 334 g/mol. The molecule has 1 N–H and O–H groups in total. The monoisotopic (exact) mass is 334 g/mol. The van der Waals surface area contributed by atoms with Crippen LogP contribution >= 0.6 is 11.3 Å². The molecule has 1 aliphatic heterocycles. The highest BCUT2D eigenvalue weighted by Gasteiger charge is 2.28. The second-order valence-corrected chi connectivity index (χ2v) is 7.74. The number of carbonyl (C=O) groups is 1. The van der Waals surface area contributed by atoms with Gasteiger partial charge in [0.2, 0.25) is 4.34 Å². The van der Waals surface area contributed by atoms with Crippen molar-refractivity contribution in [1.29, 1.82) is 0 Å². The molecule has 1 aromatic heterocycles. The van der Waals surface area contributed by atoms with E-state index in [1.165, 1.54) is 0 Å². The molecule has 0 radical (unpaired) electrons. The first kappa shape index (κ1) is 16.1. The number of rotatable bonds is 4. The van der Waals surface area contributed by atoms with Crippen molar-refractivity contribution >= 4 is 27.5 Å². The number of aryl methyl sites for hydroxylation is 1. The number of aromatic nitrogens is 2. The van der Waals surface area contributed by atoms with E-state index in [-0.39, 0.29) is 16.5 Å². The van der Waals surface area contributed by atoms with E-state index in [9.17, 15) is 13.2 Å². The maximum absolute atomic E-state index is 12.1. The molecule has 0 atom stereocenters. The fraction of sp³-hybridized carbons (Fsp3) is 0.727. The molecule has 1 aliphatic rings. The quantitative estimate of drug-likeness (QED) is 0.871. The summed E-state index contributed by atoms with van der Waals surface area (Å²) >= 11 is 1.04. The van der Waals surface area contributed by atoms with Crippen LogP contribution in [-0.4, -0.2) is 55.3 Å². The van der Waals surface area contributed by atoms with Crippen LogP contribution in [0, 0.1) is 6.92 Å². The van der Waals surface area contributed by atoms with Gasteiger partial charge in [0.25, 0.3) is 10.0 Å². The third-order valence-corrected chi connectivity index (χ3v) is 5.81. The van der Waals surface area contributed by atoms with Gasteiger partial charge in [-0.15, -0.1) is 10.2 Å². The standard InChI is InChI=1S/C11H18N4O4S2/c1-3-19-11(16)15-6-4-9(5-7-15)14-21(17,18)10-13-12-8(2)20-10/h9,14H,3-7H2,1-2H3. The number of amides is 1. The summed E-state index contributed by atoms with van der Waals surface area (Å²) in [6, 6.07) is -0.204. The number of sulfonamides is 1. The zero-order valence-electron chi connectivity index (χ0n) is 11.9. The van der Waals surface area contributed by atoms with Gasteiger partial charge in [-0.3, -0.25) is 0 Å². The van der Waals surface area contributed by atoms with Crippen LogP contribution in [0.2, 0.25) is 0 Å². The summed E-state index contributed by atoms with van der Waals surface area (Å²) in [5, 5.41) is 7.97. The molecule has 1 aromatic rings. The lowest BCUT2D eigenvalue weighted by molar-refractivity contribution is 0.0966. The predicted octanol–water partition coefficient (Wildman–Crippen LogP) is 0.746. The number of nitrogens with one attached hydrogen (secondary N) is 1. The van der Waals surface area contributed by atoms with Gasteiger partial charge in [-0.1, -0.05) is 11.3 Å². The number of piperidine rings is 1. The lowest BCUT2D eigenvalue weighted by Crippen LogP contribution is -2.46. The highest BCUT2D eigenvalue weighted by Crippen LogP contribution is 2.18. The molecule has 0 aliphatic carbocycles. The Morgan fingerprint density at radius 2 is 2.10 bits per heavy atom. The first-order valence-electron chi connectivity index (χ1n) is 6.66. The zero-order valence-corrected chi connectivity index (χ0v) is 13.5. The molecule has 1 fully saturated rings. The smallest absolute Gasteiger partial charge is 0.409 e. The van der Waals surface area contributed by atoms with Crippen LogP contribution in [0.4, 0.5) is 4.79 Å². The van der Waals surface area contributed by atoms with E-state index in [1.807, 2.05) is 0 Å². The molecule has 0 bridgehead atoms. The van der Waals surface area contributed by atoms with Crippen molar-refractivity contribution < 1.29 is 17.9 Å². The van der Waals surface area contributed by atoms with E-state index in [2.05, 4.69) is 14.9 Å². The van der Waals surface area contributed by atoms with Crippen LogP contribution in [0.25, 0.3) is 0 Å². The summed E-state index contributed by atoms with van der Waals surface area (Å²) in [7, 11) is -3.63. The first-order valence-corrected chi connectivity index (χ1v) is 8.96. The van der Waals surface area contributed by atoms with Crippen molar-refractivity contribution in [1.82, 2.24) is 19.8 Å². The van der Waals surface area contributed by atoms with E-state index in [0.29, 0.717) is 37.5 Å². The Hall–Kier alpha value is -1.26. The topological polar surface area (TPSA) is 101 Å². The Balaban J connectivity index is 1.90. The summed E-state index contributed by atoms with van der Waals surface area (Å²) in [4.78, 5) is 13.1. The Bertz CT molecular complexity index is 593. The second-order valence-electron chi connectivity index (χ2n) is 4.67. The van der Waals surface area contributed by atoms with Gasteiger partial charge in [0.15, 0.2) is 0 Å². The number of hydrogen-bond donors (Lipinski definition) is 1. The summed E-state index contributed by atoms with van der Waals surface area (Å²) in [5.74, 6) is 0. The summed E-state index contributed by atoms with van der Waals surface area (Å²) in [6.07, 6.45) is 0.754. The first-order chi connectivity index (χ1) is 9.92. The molecular weight excluding hydrogens is 316 g/mol. The Morgan fingerprint density at radius 3 is 2.62 bits per heavy atom. The highest BCUT2D eigenvalue weighted by atomic mass is 32.2. The van der Waals surface area contributed by atoms with Crippen molar-refractivity contribution in [2.75, 3.05) is 19.7 Å². The van der Waals surface area contributed by atoms with Gasteiger partial charge in [-0.2, -0.15) is 0 Å². The van der Waals surface area contributed by atoms with Gasteiger partial charge >= 0.3 is 6.09 Å². The lowest BCUT2D eigenvalue weighted by atomic mass is 10.1. The third-order valence-electron chi connectivity index (χ3n) is 3.08. The SMILES string of the molecule is CCOC(=O)N1CCC(NS(=O)(=O)c2nnc(C)s2)CC1. The number of ether oxygens (including phenoxy) is 1. The van der Waals surface area contributed by atoms with E-state index >= 15 is 0 Å². The highest BCUT2D eigenvalue weighted by molar-refractivity contribution is 7.91. The normalized spacial score (nSPS) is 17.0. The molecule has 0 unspecified atom stereocenters. The zero-order chi connectivity index (χ0) is 15.5. The van der Waals surface area contributed by atoms with Gasteiger partial charge in [0.05, 0.1) is 6.61 Å². The summed E-state index contributed by atoms with van der Waals surface area (Å²) in [5.41, 5.74) is 0.